The maximum atomic E-state index is 12.6. The first-order valence-electron chi connectivity index (χ1n) is 9.28. The highest BCUT2D eigenvalue weighted by atomic mass is 32.1. The van der Waals surface area contributed by atoms with E-state index in [0.29, 0.717) is 0 Å². The number of hydrogen-bond acceptors (Lipinski definition) is 6. The Bertz CT molecular complexity index is 679. The number of hydrogen-bond donors (Lipinski definition) is 0. The third-order valence-electron chi connectivity index (χ3n) is 5.57. The van der Waals surface area contributed by atoms with Crippen LogP contribution in [-0.4, -0.2) is 76.3 Å². The summed E-state index contributed by atoms with van der Waals surface area (Å²) in [6.45, 7) is 4.53. The summed E-state index contributed by atoms with van der Waals surface area (Å²) < 4.78 is 0. The Morgan fingerprint density at radius 1 is 0.962 bits per heavy atom. The monoisotopic (exact) mass is 376 g/mol. The first-order valence-corrected chi connectivity index (χ1v) is 10.2. The summed E-state index contributed by atoms with van der Waals surface area (Å²) in [5, 5.41) is 4.25. The van der Waals surface area contributed by atoms with Crippen molar-refractivity contribution in [1.82, 2.24) is 19.6 Å². The lowest BCUT2D eigenvalue weighted by atomic mass is 10.2. The fourth-order valence-electron chi connectivity index (χ4n) is 4.06. The lowest BCUT2D eigenvalue weighted by molar-refractivity contribution is -0.144. The predicted molar refractivity (Wildman–Crippen MR) is 97.4 cm³/mol. The minimum absolute atomic E-state index is 0.0913. The van der Waals surface area contributed by atoms with E-state index in [9.17, 15) is 14.4 Å². The fourth-order valence-corrected chi connectivity index (χ4v) is 4.72. The van der Waals surface area contributed by atoms with Crippen LogP contribution >= 0.6 is 11.3 Å². The summed E-state index contributed by atoms with van der Waals surface area (Å²) >= 11 is 1.71. The SMILES string of the molecule is O=C1C(=O)N(C2CCCC2)C(=O)N1CN1CCN(Cc2ccsc2)CC1. The highest BCUT2D eigenvalue weighted by molar-refractivity contribution is 7.07. The summed E-state index contributed by atoms with van der Waals surface area (Å²) in [5.74, 6) is -1.31. The minimum atomic E-state index is -0.664. The van der Waals surface area contributed by atoms with Gasteiger partial charge in [-0.15, -0.1) is 0 Å². The Hall–Kier alpha value is -1.77. The first kappa shape index (κ1) is 17.6. The van der Waals surface area contributed by atoms with E-state index < -0.39 is 17.8 Å². The van der Waals surface area contributed by atoms with Crippen LogP contribution in [0.1, 0.15) is 31.2 Å². The number of imide groups is 2. The van der Waals surface area contributed by atoms with Crippen molar-refractivity contribution in [1.29, 1.82) is 0 Å². The van der Waals surface area contributed by atoms with Gasteiger partial charge in [-0.2, -0.15) is 11.3 Å². The summed E-state index contributed by atoms with van der Waals surface area (Å²) in [6, 6.07) is 1.63. The topological polar surface area (TPSA) is 64.2 Å². The molecule has 4 amide bonds. The molecular weight excluding hydrogens is 352 g/mol. The van der Waals surface area contributed by atoms with Gasteiger partial charge in [0, 0.05) is 38.8 Å². The van der Waals surface area contributed by atoms with Crippen LogP contribution in [0, 0.1) is 0 Å². The third kappa shape index (κ3) is 3.41. The average Bonchev–Trinajstić information content (AvgIpc) is 3.37. The van der Waals surface area contributed by atoms with Crippen LogP contribution in [0.15, 0.2) is 16.8 Å². The van der Waals surface area contributed by atoms with Gasteiger partial charge in [0.05, 0.1) is 6.67 Å². The molecule has 1 aromatic rings. The van der Waals surface area contributed by atoms with E-state index in [2.05, 4.69) is 26.6 Å². The average molecular weight is 376 g/mol. The van der Waals surface area contributed by atoms with Crippen LogP contribution in [0.25, 0.3) is 0 Å². The van der Waals surface area contributed by atoms with E-state index in [1.54, 1.807) is 11.3 Å². The molecule has 4 rings (SSSR count). The second-order valence-electron chi connectivity index (χ2n) is 7.30. The molecule has 0 bridgehead atoms. The zero-order valence-electron chi connectivity index (χ0n) is 14.8. The van der Waals surface area contributed by atoms with Crippen molar-refractivity contribution in [3.63, 3.8) is 0 Å². The highest BCUT2D eigenvalue weighted by Crippen LogP contribution is 2.28. The fraction of sp³-hybridized carbons (Fsp3) is 0.611. The number of nitrogens with zero attached hydrogens (tertiary/aromatic N) is 4. The van der Waals surface area contributed by atoms with Gasteiger partial charge in [-0.1, -0.05) is 12.8 Å². The maximum Gasteiger partial charge on any atom is 0.335 e. The van der Waals surface area contributed by atoms with Gasteiger partial charge < -0.3 is 0 Å². The van der Waals surface area contributed by atoms with E-state index in [1.807, 2.05) is 0 Å². The van der Waals surface area contributed by atoms with Crippen LogP contribution in [0.4, 0.5) is 4.79 Å². The smallest absolute Gasteiger partial charge is 0.297 e. The van der Waals surface area contributed by atoms with Crippen LogP contribution in [0.2, 0.25) is 0 Å². The molecule has 3 aliphatic rings. The predicted octanol–water partition coefficient (Wildman–Crippen LogP) is 1.56. The molecule has 0 atom stereocenters. The zero-order chi connectivity index (χ0) is 18.1. The molecule has 0 N–H and O–H groups in total. The molecule has 140 valence electrons. The minimum Gasteiger partial charge on any atom is -0.297 e. The molecule has 0 spiro atoms. The van der Waals surface area contributed by atoms with E-state index in [1.165, 1.54) is 10.5 Å². The van der Waals surface area contributed by atoms with Gasteiger partial charge in [-0.05, 0) is 35.2 Å². The van der Waals surface area contributed by atoms with E-state index in [4.69, 9.17) is 0 Å². The maximum absolute atomic E-state index is 12.6. The molecule has 26 heavy (non-hydrogen) atoms. The number of carbonyl (C=O) groups is 3. The van der Waals surface area contributed by atoms with Crippen LogP contribution in [-0.2, 0) is 16.1 Å². The summed E-state index contributed by atoms with van der Waals surface area (Å²) in [7, 11) is 0. The van der Waals surface area contributed by atoms with Crippen LogP contribution in [0.3, 0.4) is 0 Å². The number of rotatable bonds is 5. The van der Waals surface area contributed by atoms with E-state index in [-0.39, 0.29) is 12.7 Å². The first-order chi connectivity index (χ1) is 12.6. The molecular formula is C18H24N4O3S. The van der Waals surface area contributed by atoms with Gasteiger partial charge in [0.15, 0.2) is 0 Å². The zero-order valence-corrected chi connectivity index (χ0v) is 15.6. The van der Waals surface area contributed by atoms with Crippen LogP contribution in [0.5, 0.6) is 0 Å². The molecule has 1 aromatic heterocycles. The summed E-state index contributed by atoms with van der Waals surface area (Å²) in [6.07, 6.45) is 3.67. The molecule has 7 nitrogen and oxygen atoms in total. The summed E-state index contributed by atoms with van der Waals surface area (Å²) in [5.41, 5.74) is 1.33. The molecule has 0 unspecified atom stereocenters. The number of amides is 4. The Morgan fingerprint density at radius 2 is 1.65 bits per heavy atom. The van der Waals surface area contributed by atoms with Crippen molar-refractivity contribution < 1.29 is 14.4 Å². The second kappa shape index (κ2) is 7.46. The number of piperazine rings is 1. The van der Waals surface area contributed by atoms with E-state index >= 15 is 0 Å². The van der Waals surface area contributed by atoms with Crippen molar-refractivity contribution in [2.75, 3.05) is 32.8 Å². The number of thiophene rings is 1. The van der Waals surface area contributed by atoms with Crippen molar-refractivity contribution >= 4 is 29.2 Å². The molecule has 2 saturated heterocycles. The molecule has 1 aliphatic carbocycles. The number of urea groups is 1. The number of carbonyl (C=O) groups excluding carboxylic acids is 3. The van der Waals surface area contributed by atoms with Crippen molar-refractivity contribution in [2.45, 2.75) is 38.3 Å². The van der Waals surface area contributed by atoms with Crippen LogP contribution < -0.4 is 0 Å². The van der Waals surface area contributed by atoms with E-state index in [0.717, 1.165) is 63.3 Å². The normalized spacial score (nSPS) is 23.6. The Balaban J connectivity index is 1.32. The van der Waals surface area contributed by atoms with Gasteiger partial charge in [-0.3, -0.25) is 24.3 Å². The molecule has 3 heterocycles. The van der Waals surface area contributed by atoms with Gasteiger partial charge in [-0.25, -0.2) is 9.69 Å². The quantitative estimate of drug-likeness (QED) is 0.576. The largest absolute Gasteiger partial charge is 0.335 e. The standard InChI is InChI=1S/C18H24N4O3S/c23-16-17(24)22(15-3-1-2-4-15)18(25)21(16)13-20-8-6-19(7-9-20)11-14-5-10-26-12-14/h5,10,12,15H,1-4,6-9,11,13H2. The lowest BCUT2D eigenvalue weighted by Gasteiger charge is -2.35. The molecule has 0 radical (unpaired) electrons. The Labute approximate surface area is 157 Å². The third-order valence-corrected chi connectivity index (χ3v) is 6.30. The van der Waals surface area contributed by atoms with Gasteiger partial charge in [0.2, 0.25) is 0 Å². The molecule has 2 aliphatic heterocycles. The van der Waals surface area contributed by atoms with Gasteiger partial charge in [0.1, 0.15) is 0 Å². The Kier molecular flexibility index (Phi) is 5.06. The molecule has 1 saturated carbocycles. The van der Waals surface area contributed by atoms with Crippen molar-refractivity contribution in [2.24, 2.45) is 0 Å². The molecule has 3 fully saturated rings. The Morgan fingerprint density at radius 3 is 2.31 bits per heavy atom. The second-order valence-corrected chi connectivity index (χ2v) is 8.08. The molecule has 0 aromatic carbocycles. The van der Waals surface area contributed by atoms with Gasteiger partial charge >= 0.3 is 17.8 Å². The lowest BCUT2D eigenvalue weighted by Crippen LogP contribution is -2.51. The van der Waals surface area contributed by atoms with Gasteiger partial charge in [0.25, 0.3) is 0 Å². The van der Waals surface area contributed by atoms with Crippen molar-refractivity contribution in [3.8, 4) is 0 Å². The summed E-state index contributed by atoms with van der Waals surface area (Å²) in [4.78, 5) is 44.0. The van der Waals surface area contributed by atoms with Crippen molar-refractivity contribution in [3.05, 3.63) is 22.4 Å². The molecule has 8 heteroatoms. The highest BCUT2D eigenvalue weighted by Gasteiger charge is 2.48.